The fraction of sp³-hybridized carbons (Fsp3) is 0.217. The number of carbonyl (C=O) groups excluding carboxylic acids is 1. The van der Waals surface area contributed by atoms with Gasteiger partial charge in [0.25, 0.3) is 11.7 Å². The van der Waals surface area contributed by atoms with E-state index in [9.17, 15) is 4.79 Å². The normalized spacial score (nSPS) is 11.0. The molecule has 7 heteroatoms. The van der Waals surface area contributed by atoms with Crippen molar-refractivity contribution in [3.63, 3.8) is 0 Å². The molecule has 0 aliphatic rings. The minimum Gasteiger partial charge on any atom is -0.321 e. The van der Waals surface area contributed by atoms with Crippen molar-refractivity contribution < 1.29 is 4.79 Å². The molecule has 2 aromatic carbocycles. The number of fused-ring (bicyclic) bond motifs is 1. The molecule has 6 nitrogen and oxygen atoms in total. The first-order valence-corrected chi connectivity index (χ1v) is 10.7. The second-order valence-electron chi connectivity index (χ2n) is 7.12. The topological polar surface area (TPSA) is 72.2 Å². The van der Waals surface area contributed by atoms with E-state index < -0.39 is 0 Å². The average molecular weight is 418 g/mol. The Balaban J connectivity index is 1.71. The van der Waals surface area contributed by atoms with Crippen molar-refractivity contribution in [3.8, 4) is 0 Å². The Morgan fingerprint density at radius 2 is 1.97 bits per heavy atom. The predicted molar refractivity (Wildman–Crippen MR) is 119 cm³/mol. The molecule has 2 heterocycles. The minimum atomic E-state index is -0.127. The quantitative estimate of drug-likeness (QED) is 0.442. The second-order valence-corrected chi connectivity index (χ2v) is 8.16. The van der Waals surface area contributed by atoms with Gasteiger partial charge in [0.05, 0.1) is 5.69 Å². The van der Waals surface area contributed by atoms with Crippen molar-refractivity contribution in [1.82, 2.24) is 19.6 Å². The number of carbonyl (C=O) groups is 1. The Kier molecular flexibility index (Phi) is 5.81. The first-order chi connectivity index (χ1) is 14.6. The lowest BCUT2D eigenvalue weighted by atomic mass is 10.1. The summed E-state index contributed by atoms with van der Waals surface area (Å²) in [6, 6.07) is 15.4. The number of benzene rings is 2. The van der Waals surface area contributed by atoms with Gasteiger partial charge in [0.15, 0.2) is 0 Å². The molecule has 0 aliphatic carbocycles. The van der Waals surface area contributed by atoms with Crippen LogP contribution in [0.5, 0.6) is 0 Å². The maximum atomic E-state index is 12.8. The number of nitrogens with zero attached hydrogens (tertiary/aromatic N) is 4. The summed E-state index contributed by atoms with van der Waals surface area (Å²) in [4.78, 5) is 22.6. The van der Waals surface area contributed by atoms with E-state index in [2.05, 4.69) is 27.3 Å². The average Bonchev–Trinajstić information content (AvgIpc) is 3.20. The number of nitrogens with one attached hydrogen (secondary N) is 1. The Morgan fingerprint density at radius 1 is 1.13 bits per heavy atom. The lowest BCUT2D eigenvalue weighted by Gasteiger charge is -2.15. The van der Waals surface area contributed by atoms with E-state index in [1.54, 1.807) is 16.3 Å². The summed E-state index contributed by atoms with van der Waals surface area (Å²) >= 11 is 1.58. The number of hydrogen-bond donors (Lipinski definition) is 1. The van der Waals surface area contributed by atoms with Crippen LogP contribution in [0.25, 0.3) is 5.78 Å². The molecule has 0 bridgehead atoms. The largest absolute Gasteiger partial charge is 0.321 e. The molecule has 0 unspecified atom stereocenters. The van der Waals surface area contributed by atoms with Gasteiger partial charge < -0.3 is 5.32 Å². The lowest BCUT2D eigenvalue weighted by Crippen LogP contribution is -2.12. The molecule has 0 radical (unpaired) electrons. The van der Waals surface area contributed by atoms with Gasteiger partial charge in [-0.3, -0.25) is 4.79 Å². The zero-order chi connectivity index (χ0) is 21.1. The highest BCUT2D eigenvalue weighted by molar-refractivity contribution is 7.99. The van der Waals surface area contributed by atoms with Crippen LogP contribution >= 0.6 is 11.8 Å². The van der Waals surface area contributed by atoms with Crippen LogP contribution in [0.2, 0.25) is 0 Å². The highest BCUT2D eigenvalue weighted by atomic mass is 32.2. The number of aromatic nitrogens is 4. The zero-order valence-electron chi connectivity index (χ0n) is 17.2. The summed E-state index contributed by atoms with van der Waals surface area (Å²) in [5.41, 5.74) is 4.57. The number of para-hydroxylation sites is 1. The predicted octanol–water partition coefficient (Wildman–Crippen LogP) is 5.10. The number of anilines is 1. The SMILES string of the molecule is CCCc1c(C)nc2ncnn2c1Sc1ccccc1NC(=O)c1cccc(C)c1. The molecule has 4 aromatic rings. The molecule has 30 heavy (non-hydrogen) atoms. The first-order valence-electron chi connectivity index (χ1n) is 9.91. The standard InChI is InChI=1S/C23H23N5OS/c1-4-8-18-16(3)26-23-24-14-25-28(23)22(18)30-20-12-6-5-11-19(20)27-21(29)17-10-7-9-15(2)13-17/h5-7,9-14H,4,8H2,1-3H3,(H,27,29). The summed E-state index contributed by atoms with van der Waals surface area (Å²) in [6.45, 7) is 6.13. The van der Waals surface area contributed by atoms with Crippen molar-refractivity contribution in [2.75, 3.05) is 5.32 Å². The molecular weight excluding hydrogens is 394 g/mol. The summed E-state index contributed by atoms with van der Waals surface area (Å²) < 4.78 is 1.78. The summed E-state index contributed by atoms with van der Waals surface area (Å²) in [5, 5.41) is 8.42. The highest BCUT2D eigenvalue weighted by Crippen LogP contribution is 2.36. The van der Waals surface area contributed by atoms with E-state index in [0.717, 1.165) is 45.3 Å². The Labute approximate surface area is 179 Å². The molecule has 152 valence electrons. The molecule has 0 saturated carbocycles. The monoisotopic (exact) mass is 417 g/mol. The molecule has 0 saturated heterocycles. The van der Waals surface area contributed by atoms with Gasteiger partial charge >= 0.3 is 0 Å². The van der Waals surface area contributed by atoms with Gasteiger partial charge in [-0.2, -0.15) is 14.6 Å². The number of aryl methyl sites for hydroxylation is 2. The zero-order valence-corrected chi connectivity index (χ0v) is 18.0. The Bertz CT molecular complexity index is 1220. The van der Waals surface area contributed by atoms with Crippen molar-refractivity contribution in [2.24, 2.45) is 0 Å². The van der Waals surface area contributed by atoms with Crippen LogP contribution in [0.15, 0.2) is 64.8 Å². The first kappa shape index (κ1) is 20.1. The van der Waals surface area contributed by atoms with Gasteiger partial charge in [-0.15, -0.1) is 0 Å². The Morgan fingerprint density at radius 3 is 2.77 bits per heavy atom. The fourth-order valence-electron chi connectivity index (χ4n) is 3.34. The highest BCUT2D eigenvalue weighted by Gasteiger charge is 2.17. The lowest BCUT2D eigenvalue weighted by molar-refractivity contribution is 0.102. The summed E-state index contributed by atoms with van der Waals surface area (Å²) in [5.74, 6) is 0.452. The van der Waals surface area contributed by atoms with Gasteiger partial charge in [-0.05, 0) is 44.5 Å². The maximum absolute atomic E-state index is 12.8. The van der Waals surface area contributed by atoms with Crippen LogP contribution in [0, 0.1) is 13.8 Å². The van der Waals surface area contributed by atoms with Crippen LogP contribution in [0.3, 0.4) is 0 Å². The smallest absolute Gasteiger partial charge is 0.255 e. The van der Waals surface area contributed by atoms with E-state index in [-0.39, 0.29) is 5.91 Å². The summed E-state index contributed by atoms with van der Waals surface area (Å²) in [7, 11) is 0. The molecule has 0 spiro atoms. The summed E-state index contributed by atoms with van der Waals surface area (Å²) in [6.07, 6.45) is 3.42. The third kappa shape index (κ3) is 4.07. The van der Waals surface area contributed by atoms with Gasteiger partial charge in [0, 0.05) is 21.7 Å². The maximum Gasteiger partial charge on any atom is 0.255 e. The number of amides is 1. The number of hydrogen-bond acceptors (Lipinski definition) is 5. The molecule has 1 amide bonds. The van der Waals surface area contributed by atoms with E-state index >= 15 is 0 Å². The van der Waals surface area contributed by atoms with Crippen molar-refractivity contribution in [2.45, 2.75) is 43.5 Å². The van der Waals surface area contributed by atoms with Crippen molar-refractivity contribution in [1.29, 1.82) is 0 Å². The molecule has 2 aromatic heterocycles. The van der Waals surface area contributed by atoms with Gasteiger partial charge in [0.1, 0.15) is 11.4 Å². The molecule has 0 fully saturated rings. The van der Waals surface area contributed by atoms with Crippen LogP contribution in [0.1, 0.15) is 40.5 Å². The minimum absolute atomic E-state index is 0.127. The molecule has 0 aliphatic heterocycles. The molecule has 1 N–H and O–H groups in total. The third-order valence-corrected chi connectivity index (χ3v) is 6.00. The van der Waals surface area contributed by atoms with Crippen LogP contribution < -0.4 is 5.32 Å². The van der Waals surface area contributed by atoms with Crippen LogP contribution in [-0.2, 0) is 6.42 Å². The van der Waals surface area contributed by atoms with E-state index in [4.69, 9.17) is 0 Å². The molecule has 0 atom stereocenters. The second kappa shape index (κ2) is 8.67. The van der Waals surface area contributed by atoms with Crippen molar-refractivity contribution in [3.05, 3.63) is 77.2 Å². The van der Waals surface area contributed by atoms with Crippen LogP contribution in [-0.4, -0.2) is 25.5 Å². The van der Waals surface area contributed by atoms with E-state index in [0.29, 0.717) is 11.3 Å². The van der Waals surface area contributed by atoms with Gasteiger partial charge in [-0.1, -0.05) is 54.9 Å². The van der Waals surface area contributed by atoms with Gasteiger partial charge in [0.2, 0.25) is 0 Å². The van der Waals surface area contributed by atoms with Gasteiger partial charge in [-0.25, -0.2) is 4.98 Å². The van der Waals surface area contributed by atoms with Crippen molar-refractivity contribution >= 4 is 29.1 Å². The van der Waals surface area contributed by atoms with Crippen LogP contribution in [0.4, 0.5) is 5.69 Å². The molecular formula is C23H23N5OS. The fourth-order valence-corrected chi connectivity index (χ4v) is 4.51. The third-order valence-electron chi connectivity index (χ3n) is 4.81. The molecule has 4 rings (SSSR count). The number of rotatable bonds is 6. The van der Waals surface area contributed by atoms with E-state index in [1.165, 1.54) is 6.33 Å². The van der Waals surface area contributed by atoms with E-state index in [1.807, 2.05) is 62.4 Å². The Hall–Kier alpha value is -3.19.